The summed E-state index contributed by atoms with van der Waals surface area (Å²) in [7, 11) is 4.57. The maximum absolute atomic E-state index is 12.1. The van der Waals surface area contributed by atoms with E-state index in [4.69, 9.17) is 5.73 Å². The van der Waals surface area contributed by atoms with Gasteiger partial charge in [-0.05, 0) is 5.92 Å². The Morgan fingerprint density at radius 2 is 1.90 bits per heavy atom. The first-order valence-electron chi connectivity index (χ1n) is 6.43. The summed E-state index contributed by atoms with van der Waals surface area (Å²) in [5.41, 5.74) is 5.39. The molecule has 0 saturated heterocycles. The number of rotatable bonds is 4. The largest absolute Gasteiger partial charge is 0.340 e. The van der Waals surface area contributed by atoms with Gasteiger partial charge in [-0.3, -0.25) is 14.2 Å². The summed E-state index contributed by atoms with van der Waals surface area (Å²) in [5.74, 6) is -0.205. The van der Waals surface area contributed by atoms with Crippen LogP contribution in [-0.2, 0) is 25.4 Å². The zero-order valence-electron chi connectivity index (χ0n) is 12.6. The van der Waals surface area contributed by atoms with Crippen LogP contribution < -0.4 is 17.0 Å². The number of aromatic nitrogens is 2. The van der Waals surface area contributed by atoms with E-state index in [-0.39, 0.29) is 18.4 Å². The minimum atomic E-state index is -0.601. The number of aryl methyl sites for hydroxylation is 1. The molecular weight excluding hydrogens is 260 g/mol. The van der Waals surface area contributed by atoms with Gasteiger partial charge in [0, 0.05) is 27.3 Å². The van der Waals surface area contributed by atoms with Gasteiger partial charge in [0.25, 0.3) is 5.56 Å². The summed E-state index contributed by atoms with van der Waals surface area (Å²) in [4.78, 5) is 37.0. The lowest BCUT2D eigenvalue weighted by molar-refractivity contribution is -0.132. The normalized spacial score (nSPS) is 12.6. The molecule has 0 aliphatic rings. The van der Waals surface area contributed by atoms with Crippen molar-refractivity contribution in [2.45, 2.75) is 26.4 Å². The van der Waals surface area contributed by atoms with Gasteiger partial charge in [0.1, 0.15) is 0 Å². The van der Waals surface area contributed by atoms with Crippen molar-refractivity contribution in [1.29, 1.82) is 0 Å². The van der Waals surface area contributed by atoms with Crippen LogP contribution in [0.1, 0.15) is 19.4 Å². The maximum atomic E-state index is 12.1. The number of nitrogens with zero attached hydrogens (tertiary/aromatic N) is 3. The number of likely N-dealkylation sites (N-methyl/N-ethyl adjacent to an activating group) is 1. The molecule has 0 bridgehead atoms. The number of carbonyl (C=O) groups is 1. The van der Waals surface area contributed by atoms with Crippen molar-refractivity contribution in [2.75, 3.05) is 7.05 Å². The van der Waals surface area contributed by atoms with Crippen LogP contribution >= 0.6 is 0 Å². The lowest BCUT2D eigenvalue weighted by Gasteiger charge is -2.23. The number of nitrogens with two attached hydrogens (primary N) is 1. The highest BCUT2D eigenvalue weighted by Gasteiger charge is 2.22. The van der Waals surface area contributed by atoms with Crippen LogP contribution in [0, 0.1) is 5.92 Å². The molecule has 0 aliphatic carbocycles. The Balaban J connectivity index is 3.03. The lowest BCUT2D eigenvalue weighted by atomic mass is 10.0. The summed E-state index contributed by atoms with van der Waals surface area (Å²) in [6.07, 6.45) is 1.45. The van der Waals surface area contributed by atoms with E-state index in [2.05, 4.69) is 0 Å². The van der Waals surface area contributed by atoms with Crippen LogP contribution in [0.15, 0.2) is 15.8 Å². The quantitative estimate of drug-likeness (QED) is 0.769. The Hall–Kier alpha value is -1.89. The molecule has 0 spiro atoms. The molecule has 112 valence electrons. The smallest absolute Gasteiger partial charge is 0.330 e. The van der Waals surface area contributed by atoms with Gasteiger partial charge >= 0.3 is 5.69 Å². The Kier molecular flexibility index (Phi) is 4.88. The summed E-state index contributed by atoms with van der Waals surface area (Å²) in [5, 5.41) is 0. The van der Waals surface area contributed by atoms with Gasteiger partial charge in [0.15, 0.2) is 0 Å². The number of carbonyl (C=O) groups excluding carboxylic acids is 1. The molecule has 1 amide bonds. The number of hydrogen-bond acceptors (Lipinski definition) is 4. The summed E-state index contributed by atoms with van der Waals surface area (Å²) < 4.78 is 2.34. The van der Waals surface area contributed by atoms with Crippen LogP contribution in [-0.4, -0.2) is 33.0 Å². The standard InChI is InChI=1S/C13H22N4O3/c1-8(2)10(14)12(19)15(3)6-9-7-16(4)13(20)17(5)11(9)18/h7-8,10H,6,14H2,1-5H3/t10-/m0/s1. The third-order valence-electron chi connectivity index (χ3n) is 3.30. The van der Waals surface area contributed by atoms with Gasteiger partial charge in [0.2, 0.25) is 5.91 Å². The van der Waals surface area contributed by atoms with E-state index in [0.717, 1.165) is 4.57 Å². The molecule has 0 fully saturated rings. The Bertz CT molecular complexity index is 615. The first kappa shape index (κ1) is 16.2. The van der Waals surface area contributed by atoms with Crippen molar-refractivity contribution in [3.8, 4) is 0 Å². The fourth-order valence-electron chi connectivity index (χ4n) is 1.86. The minimum absolute atomic E-state index is 0.0212. The molecule has 0 unspecified atom stereocenters. The molecule has 1 rings (SSSR count). The average molecular weight is 282 g/mol. The van der Waals surface area contributed by atoms with Gasteiger partial charge in [-0.1, -0.05) is 13.8 Å². The maximum Gasteiger partial charge on any atom is 0.330 e. The van der Waals surface area contributed by atoms with Crippen LogP contribution in [0.25, 0.3) is 0 Å². The van der Waals surface area contributed by atoms with Gasteiger partial charge in [-0.25, -0.2) is 4.79 Å². The fraction of sp³-hybridized carbons (Fsp3) is 0.615. The highest BCUT2D eigenvalue weighted by Crippen LogP contribution is 2.04. The van der Waals surface area contributed by atoms with Crippen molar-refractivity contribution in [1.82, 2.24) is 14.0 Å². The molecule has 1 atom stereocenters. The Morgan fingerprint density at radius 1 is 1.35 bits per heavy atom. The topological polar surface area (TPSA) is 90.3 Å². The second kappa shape index (κ2) is 6.04. The molecule has 0 saturated carbocycles. The average Bonchev–Trinajstić information content (AvgIpc) is 2.40. The molecule has 1 aromatic heterocycles. The van der Waals surface area contributed by atoms with Gasteiger partial charge in [-0.15, -0.1) is 0 Å². The van der Waals surface area contributed by atoms with E-state index in [9.17, 15) is 14.4 Å². The molecule has 7 nitrogen and oxygen atoms in total. The molecule has 1 aromatic rings. The van der Waals surface area contributed by atoms with E-state index in [1.165, 1.54) is 22.7 Å². The van der Waals surface area contributed by atoms with Crippen LogP contribution in [0.4, 0.5) is 0 Å². The predicted molar refractivity (Wildman–Crippen MR) is 76.2 cm³/mol. The molecule has 0 radical (unpaired) electrons. The fourth-order valence-corrected chi connectivity index (χ4v) is 1.86. The third kappa shape index (κ3) is 3.16. The van der Waals surface area contributed by atoms with Gasteiger partial charge in [-0.2, -0.15) is 0 Å². The lowest BCUT2D eigenvalue weighted by Crippen LogP contribution is -2.46. The van der Waals surface area contributed by atoms with Crippen LogP contribution in [0.3, 0.4) is 0 Å². The van der Waals surface area contributed by atoms with Crippen LogP contribution in [0.5, 0.6) is 0 Å². The monoisotopic (exact) mass is 282 g/mol. The molecule has 2 N–H and O–H groups in total. The highest BCUT2D eigenvalue weighted by atomic mass is 16.2. The Morgan fingerprint density at radius 3 is 2.40 bits per heavy atom. The van der Waals surface area contributed by atoms with Crippen molar-refractivity contribution in [3.63, 3.8) is 0 Å². The number of hydrogen-bond donors (Lipinski definition) is 1. The molecule has 1 heterocycles. The zero-order chi connectivity index (χ0) is 15.6. The summed E-state index contributed by atoms with van der Waals surface area (Å²) >= 11 is 0. The van der Waals surface area contributed by atoms with Crippen molar-refractivity contribution in [3.05, 3.63) is 32.6 Å². The molecular formula is C13H22N4O3. The van der Waals surface area contributed by atoms with Crippen molar-refractivity contribution in [2.24, 2.45) is 25.7 Å². The summed E-state index contributed by atoms with van der Waals surface area (Å²) in [6, 6.07) is -0.601. The SMILES string of the molecule is CC(C)[C@H](N)C(=O)N(C)Cc1cn(C)c(=O)n(C)c1=O. The first-order chi connectivity index (χ1) is 9.16. The van der Waals surface area contributed by atoms with Crippen molar-refractivity contribution >= 4 is 5.91 Å². The van der Waals surface area contributed by atoms with Gasteiger partial charge < -0.3 is 15.2 Å². The highest BCUT2D eigenvalue weighted by molar-refractivity contribution is 5.81. The van der Waals surface area contributed by atoms with E-state index < -0.39 is 17.3 Å². The van der Waals surface area contributed by atoms with E-state index >= 15 is 0 Å². The number of amides is 1. The predicted octanol–water partition coefficient (Wildman–Crippen LogP) is -0.974. The summed E-state index contributed by atoms with van der Waals surface area (Å²) in [6.45, 7) is 3.85. The van der Waals surface area contributed by atoms with E-state index in [1.54, 1.807) is 14.1 Å². The molecule has 20 heavy (non-hydrogen) atoms. The molecule has 7 heteroatoms. The van der Waals surface area contributed by atoms with Crippen molar-refractivity contribution < 1.29 is 4.79 Å². The van der Waals surface area contributed by atoms with E-state index in [0.29, 0.717) is 5.56 Å². The zero-order valence-corrected chi connectivity index (χ0v) is 12.6. The van der Waals surface area contributed by atoms with E-state index in [1.807, 2.05) is 13.8 Å². The minimum Gasteiger partial charge on any atom is -0.340 e. The van der Waals surface area contributed by atoms with Gasteiger partial charge in [0.05, 0.1) is 18.2 Å². The third-order valence-corrected chi connectivity index (χ3v) is 3.30. The second-order valence-electron chi connectivity index (χ2n) is 5.38. The Labute approximate surface area is 117 Å². The molecule has 0 aromatic carbocycles. The molecule has 0 aliphatic heterocycles. The second-order valence-corrected chi connectivity index (χ2v) is 5.38. The van der Waals surface area contributed by atoms with Crippen LogP contribution in [0.2, 0.25) is 0 Å². The first-order valence-corrected chi connectivity index (χ1v) is 6.43.